The number of ether oxygens (including phenoxy) is 1. The van der Waals surface area contributed by atoms with E-state index in [1.54, 1.807) is 12.0 Å². The third-order valence-electron chi connectivity index (χ3n) is 4.96. The molecule has 144 valence electrons. The molecule has 29 heavy (non-hydrogen) atoms. The van der Waals surface area contributed by atoms with E-state index >= 15 is 0 Å². The van der Waals surface area contributed by atoms with Crippen LogP contribution in [0, 0.1) is 0 Å². The normalized spacial score (nSPS) is 10.7. The van der Waals surface area contributed by atoms with Crippen molar-refractivity contribution >= 4 is 22.5 Å². The van der Waals surface area contributed by atoms with Crippen LogP contribution in [0.4, 0.5) is 5.69 Å². The van der Waals surface area contributed by atoms with Gasteiger partial charge in [-0.15, -0.1) is 0 Å². The highest BCUT2D eigenvalue weighted by molar-refractivity contribution is 6.14. The van der Waals surface area contributed by atoms with Crippen LogP contribution in [0.1, 0.15) is 17.3 Å². The van der Waals surface area contributed by atoms with Gasteiger partial charge in [-0.1, -0.05) is 36.4 Å². The summed E-state index contributed by atoms with van der Waals surface area (Å²) < 4.78 is 5.25. The Morgan fingerprint density at radius 1 is 0.931 bits per heavy atom. The maximum atomic E-state index is 13.6. The highest BCUT2D eigenvalue weighted by Crippen LogP contribution is 2.28. The summed E-state index contributed by atoms with van der Waals surface area (Å²) in [6, 6.07) is 27.1. The molecule has 0 aliphatic heterocycles. The zero-order valence-corrected chi connectivity index (χ0v) is 16.5. The van der Waals surface area contributed by atoms with E-state index in [0.717, 1.165) is 33.6 Å². The van der Waals surface area contributed by atoms with Crippen LogP contribution in [0.25, 0.3) is 22.2 Å². The van der Waals surface area contributed by atoms with Gasteiger partial charge in [0.25, 0.3) is 5.91 Å². The summed E-state index contributed by atoms with van der Waals surface area (Å²) in [5, 5.41) is 0.851. The molecule has 4 rings (SSSR count). The number of anilines is 1. The van der Waals surface area contributed by atoms with Crippen LogP contribution in [0.5, 0.6) is 5.75 Å². The molecule has 0 aliphatic carbocycles. The van der Waals surface area contributed by atoms with Crippen molar-refractivity contribution < 1.29 is 9.53 Å². The molecule has 4 aromatic rings. The van der Waals surface area contributed by atoms with E-state index in [1.807, 2.05) is 91.9 Å². The number of hydrogen-bond acceptors (Lipinski definition) is 3. The first-order valence-corrected chi connectivity index (χ1v) is 9.62. The predicted molar refractivity (Wildman–Crippen MR) is 118 cm³/mol. The highest BCUT2D eigenvalue weighted by Gasteiger charge is 2.20. The minimum atomic E-state index is -0.0351. The van der Waals surface area contributed by atoms with E-state index in [9.17, 15) is 4.79 Å². The largest absolute Gasteiger partial charge is 0.497 e. The number of amides is 1. The van der Waals surface area contributed by atoms with Crippen molar-refractivity contribution in [2.24, 2.45) is 0 Å². The van der Waals surface area contributed by atoms with Crippen molar-refractivity contribution in [1.29, 1.82) is 0 Å². The fourth-order valence-corrected chi connectivity index (χ4v) is 3.46. The summed E-state index contributed by atoms with van der Waals surface area (Å²) in [6.45, 7) is 2.57. The molecule has 0 unspecified atom stereocenters. The van der Waals surface area contributed by atoms with Gasteiger partial charge < -0.3 is 9.64 Å². The van der Waals surface area contributed by atoms with E-state index in [-0.39, 0.29) is 5.91 Å². The number of para-hydroxylation sites is 2. The third kappa shape index (κ3) is 3.69. The van der Waals surface area contributed by atoms with Crippen LogP contribution in [-0.4, -0.2) is 24.5 Å². The van der Waals surface area contributed by atoms with Crippen molar-refractivity contribution in [3.63, 3.8) is 0 Å². The molecule has 0 aliphatic rings. The molecule has 3 aromatic carbocycles. The monoisotopic (exact) mass is 382 g/mol. The van der Waals surface area contributed by atoms with Crippen molar-refractivity contribution in [1.82, 2.24) is 4.98 Å². The number of carbonyl (C=O) groups excluding carboxylic acids is 1. The molecule has 0 fully saturated rings. The lowest BCUT2D eigenvalue weighted by Gasteiger charge is -2.22. The van der Waals surface area contributed by atoms with Gasteiger partial charge in [0.15, 0.2) is 0 Å². The molecule has 1 aromatic heterocycles. The fraction of sp³-hybridized carbons (Fsp3) is 0.120. The third-order valence-corrected chi connectivity index (χ3v) is 4.96. The molecule has 0 bridgehead atoms. The molecule has 1 heterocycles. The number of nitrogens with zero attached hydrogens (tertiary/aromatic N) is 2. The smallest absolute Gasteiger partial charge is 0.259 e. The predicted octanol–water partition coefficient (Wildman–Crippen LogP) is 5.58. The standard InChI is InChI=1S/C25H22N2O2/c1-3-27(19-9-5-4-6-10-19)25(28)22-17-24(18-13-15-20(29-2)16-14-18)26-23-12-8-7-11-21(22)23/h4-17H,3H2,1-2H3. The van der Waals surface area contributed by atoms with Gasteiger partial charge in [-0.2, -0.15) is 0 Å². The molecule has 0 spiro atoms. The van der Waals surface area contributed by atoms with Crippen LogP contribution in [0.2, 0.25) is 0 Å². The number of benzene rings is 3. The number of hydrogen-bond donors (Lipinski definition) is 0. The summed E-state index contributed by atoms with van der Waals surface area (Å²) in [4.78, 5) is 20.1. The topological polar surface area (TPSA) is 42.4 Å². The van der Waals surface area contributed by atoms with Crippen LogP contribution in [0.15, 0.2) is 84.9 Å². The first-order chi connectivity index (χ1) is 14.2. The first kappa shape index (κ1) is 18.7. The molecular formula is C25H22N2O2. The molecular weight excluding hydrogens is 360 g/mol. The summed E-state index contributed by atoms with van der Waals surface area (Å²) in [7, 11) is 1.64. The van der Waals surface area contributed by atoms with E-state index in [1.165, 1.54) is 0 Å². The molecule has 0 saturated heterocycles. The SMILES string of the molecule is CCN(C(=O)c1cc(-c2ccc(OC)cc2)nc2ccccc12)c1ccccc1. The van der Waals surface area contributed by atoms with Gasteiger partial charge in [-0.3, -0.25) is 4.79 Å². The second kappa shape index (κ2) is 8.15. The Balaban J connectivity index is 1.85. The summed E-state index contributed by atoms with van der Waals surface area (Å²) in [5.74, 6) is 0.749. The molecule has 0 saturated carbocycles. The van der Waals surface area contributed by atoms with Crippen LogP contribution >= 0.6 is 0 Å². The van der Waals surface area contributed by atoms with Gasteiger partial charge >= 0.3 is 0 Å². The number of fused-ring (bicyclic) bond motifs is 1. The second-order valence-electron chi connectivity index (χ2n) is 6.69. The number of aromatic nitrogens is 1. The fourth-order valence-electron chi connectivity index (χ4n) is 3.46. The van der Waals surface area contributed by atoms with Crippen molar-refractivity contribution in [2.45, 2.75) is 6.92 Å². The Bertz CT molecular complexity index is 1140. The number of methoxy groups -OCH3 is 1. The summed E-state index contributed by atoms with van der Waals surface area (Å²) >= 11 is 0. The van der Waals surface area contributed by atoms with E-state index in [0.29, 0.717) is 12.1 Å². The number of pyridine rings is 1. The maximum Gasteiger partial charge on any atom is 0.259 e. The average Bonchev–Trinajstić information content (AvgIpc) is 2.79. The Hall–Kier alpha value is -3.66. The molecule has 0 radical (unpaired) electrons. The Labute approximate surface area is 170 Å². The quantitative estimate of drug-likeness (QED) is 0.453. The molecule has 0 atom stereocenters. The van der Waals surface area contributed by atoms with Gasteiger partial charge in [0.2, 0.25) is 0 Å². The van der Waals surface area contributed by atoms with Gasteiger partial charge in [-0.05, 0) is 55.5 Å². The Morgan fingerprint density at radius 2 is 1.62 bits per heavy atom. The lowest BCUT2D eigenvalue weighted by Crippen LogP contribution is -2.30. The molecule has 4 nitrogen and oxygen atoms in total. The highest BCUT2D eigenvalue weighted by atomic mass is 16.5. The first-order valence-electron chi connectivity index (χ1n) is 9.62. The zero-order valence-electron chi connectivity index (χ0n) is 16.5. The summed E-state index contributed by atoms with van der Waals surface area (Å²) in [6.07, 6.45) is 0. The van der Waals surface area contributed by atoms with E-state index in [4.69, 9.17) is 9.72 Å². The second-order valence-corrected chi connectivity index (χ2v) is 6.69. The summed E-state index contributed by atoms with van der Waals surface area (Å²) in [5.41, 5.74) is 4.03. The van der Waals surface area contributed by atoms with Crippen molar-refractivity contribution in [3.05, 3.63) is 90.5 Å². The van der Waals surface area contributed by atoms with Gasteiger partial charge in [0.1, 0.15) is 5.75 Å². The minimum Gasteiger partial charge on any atom is -0.497 e. The average molecular weight is 382 g/mol. The van der Waals surface area contributed by atoms with Gasteiger partial charge in [-0.25, -0.2) is 4.98 Å². The Morgan fingerprint density at radius 3 is 2.31 bits per heavy atom. The van der Waals surface area contributed by atoms with Crippen LogP contribution in [0.3, 0.4) is 0 Å². The minimum absolute atomic E-state index is 0.0351. The molecule has 0 N–H and O–H groups in total. The maximum absolute atomic E-state index is 13.6. The lowest BCUT2D eigenvalue weighted by atomic mass is 10.0. The molecule has 1 amide bonds. The van der Waals surface area contributed by atoms with Crippen LogP contribution in [-0.2, 0) is 0 Å². The lowest BCUT2D eigenvalue weighted by molar-refractivity contribution is 0.0990. The van der Waals surface area contributed by atoms with Crippen LogP contribution < -0.4 is 9.64 Å². The van der Waals surface area contributed by atoms with E-state index < -0.39 is 0 Å². The van der Waals surface area contributed by atoms with Gasteiger partial charge in [0.05, 0.1) is 23.9 Å². The zero-order chi connectivity index (χ0) is 20.2. The van der Waals surface area contributed by atoms with Crippen molar-refractivity contribution in [3.8, 4) is 17.0 Å². The van der Waals surface area contributed by atoms with Crippen molar-refractivity contribution in [2.75, 3.05) is 18.6 Å². The Kier molecular flexibility index (Phi) is 5.25. The molecule has 4 heteroatoms. The number of carbonyl (C=O) groups is 1. The van der Waals surface area contributed by atoms with Gasteiger partial charge in [0, 0.05) is 23.2 Å². The van der Waals surface area contributed by atoms with E-state index in [2.05, 4.69) is 0 Å². The number of rotatable bonds is 5.